The number of hydrogen-bond donors (Lipinski definition) is 1. The van der Waals surface area contributed by atoms with E-state index in [-0.39, 0.29) is 5.82 Å². The smallest absolute Gasteiger partial charge is 0.137 e. The van der Waals surface area contributed by atoms with Gasteiger partial charge in [0.1, 0.15) is 11.6 Å². The van der Waals surface area contributed by atoms with Gasteiger partial charge in [0.25, 0.3) is 0 Å². The fourth-order valence-corrected chi connectivity index (χ4v) is 2.16. The van der Waals surface area contributed by atoms with E-state index in [0.717, 1.165) is 22.6 Å². The standard InChI is InChI=1S/C15H15BrFNO/c1-10-6-14(17)13(16)8-15(10)18-9-11-4-3-5-12(7-11)19-2/h3-8,18H,9H2,1-2H3. The Morgan fingerprint density at radius 3 is 2.79 bits per heavy atom. The first-order valence-corrected chi connectivity index (χ1v) is 6.72. The van der Waals surface area contributed by atoms with Crippen LogP contribution in [0.5, 0.6) is 5.75 Å². The van der Waals surface area contributed by atoms with Crippen molar-refractivity contribution in [1.82, 2.24) is 0 Å². The second-order valence-corrected chi connectivity index (χ2v) is 5.14. The van der Waals surface area contributed by atoms with Crippen LogP contribution in [0.4, 0.5) is 10.1 Å². The van der Waals surface area contributed by atoms with Gasteiger partial charge in [0.15, 0.2) is 0 Å². The highest BCUT2D eigenvalue weighted by molar-refractivity contribution is 9.10. The van der Waals surface area contributed by atoms with Crippen LogP contribution in [0.3, 0.4) is 0 Å². The molecule has 0 atom stereocenters. The molecule has 0 aliphatic carbocycles. The number of halogens is 2. The van der Waals surface area contributed by atoms with E-state index < -0.39 is 0 Å². The van der Waals surface area contributed by atoms with E-state index in [0.29, 0.717) is 11.0 Å². The molecule has 2 aromatic rings. The summed E-state index contributed by atoms with van der Waals surface area (Å²) in [5.41, 5.74) is 2.90. The number of hydrogen-bond acceptors (Lipinski definition) is 2. The topological polar surface area (TPSA) is 21.3 Å². The minimum atomic E-state index is -0.246. The van der Waals surface area contributed by atoms with Gasteiger partial charge in [-0.05, 0) is 58.2 Å². The summed E-state index contributed by atoms with van der Waals surface area (Å²) >= 11 is 3.19. The second kappa shape index (κ2) is 6.06. The lowest BCUT2D eigenvalue weighted by Gasteiger charge is -2.11. The monoisotopic (exact) mass is 323 g/mol. The van der Waals surface area contributed by atoms with Crippen molar-refractivity contribution in [3.63, 3.8) is 0 Å². The molecule has 0 heterocycles. The van der Waals surface area contributed by atoms with E-state index in [2.05, 4.69) is 21.2 Å². The van der Waals surface area contributed by atoms with Crippen molar-refractivity contribution in [2.45, 2.75) is 13.5 Å². The molecule has 0 saturated carbocycles. The van der Waals surface area contributed by atoms with E-state index >= 15 is 0 Å². The molecule has 0 bridgehead atoms. The van der Waals surface area contributed by atoms with Gasteiger partial charge >= 0.3 is 0 Å². The first kappa shape index (κ1) is 13.9. The van der Waals surface area contributed by atoms with Gasteiger partial charge in [-0.1, -0.05) is 12.1 Å². The molecule has 0 aliphatic heterocycles. The van der Waals surface area contributed by atoms with Crippen molar-refractivity contribution in [1.29, 1.82) is 0 Å². The minimum Gasteiger partial charge on any atom is -0.497 e. The van der Waals surface area contributed by atoms with Crippen molar-refractivity contribution >= 4 is 21.6 Å². The van der Waals surface area contributed by atoms with E-state index in [1.807, 2.05) is 31.2 Å². The Balaban J connectivity index is 2.12. The number of methoxy groups -OCH3 is 1. The molecule has 4 heteroatoms. The van der Waals surface area contributed by atoms with Crippen molar-refractivity contribution in [2.75, 3.05) is 12.4 Å². The number of aryl methyl sites for hydroxylation is 1. The van der Waals surface area contributed by atoms with Crippen LogP contribution in [0.25, 0.3) is 0 Å². The summed E-state index contributed by atoms with van der Waals surface area (Å²) in [6, 6.07) is 11.1. The summed E-state index contributed by atoms with van der Waals surface area (Å²) in [6.45, 7) is 2.54. The summed E-state index contributed by atoms with van der Waals surface area (Å²) < 4.78 is 19.0. The number of anilines is 1. The third-order valence-electron chi connectivity index (χ3n) is 2.88. The Bertz CT molecular complexity index is 586. The van der Waals surface area contributed by atoms with Crippen LogP contribution in [-0.4, -0.2) is 7.11 Å². The lowest BCUT2D eigenvalue weighted by atomic mass is 10.1. The molecule has 2 aromatic carbocycles. The van der Waals surface area contributed by atoms with Gasteiger partial charge in [-0.2, -0.15) is 0 Å². The lowest BCUT2D eigenvalue weighted by Crippen LogP contribution is -2.02. The Labute approximate surface area is 120 Å². The highest BCUT2D eigenvalue weighted by Gasteiger charge is 2.05. The average Bonchev–Trinajstić information content (AvgIpc) is 2.41. The first-order valence-electron chi connectivity index (χ1n) is 5.92. The number of benzene rings is 2. The summed E-state index contributed by atoms with van der Waals surface area (Å²) in [5.74, 6) is 0.584. The quantitative estimate of drug-likeness (QED) is 0.893. The van der Waals surface area contributed by atoms with Gasteiger partial charge in [0, 0.05) is 12.2 Å². The highest BCUT2D eigenvalue weighted by Crippen LogP contribution is 2.25. The van der Waals surface area contributed by atoms with Crippen LogP contribution in [-0.2, 0) is 6.54 Å². The summed E-state index contributed by atoms with van der Waals surface area (Å²) in [7, 11) is 1.65. The maximum absolute atomic E-state index is 13.3. The molecule has 0 aromatic heterocycles. The maximum Gasteiger partial charge on any atom is 0.137 e. The normalized spacial score (nSPS) is 10.3. The van der Waals surface area contributed by atoms with Crippen LogP contribution in [0.15, 0.2) is 40.9 Å². The Morgan fingerprint density at radius 2 is 2.05 bits per heavy atom. The second-order valence-electron chi connectivity index (χ2n) is 4.29. The lowest BCUT2D eigenvalue weighted by molar-refractivity contribution is 0.414. The fourth-order valence-electron chi connectivity index (χ4n) is 1.82. The van der Waals surface area contributed by atoms with Crippen LogP contribution < -0.4 is 10.1 Å². The maximum atomic E-state index is 13.3. The predicted octanol–water partition coefficient (Wildman–Crippen LogP) is 4.52. The fraction of sp³-hybridized carbons (Fsp3) is 0.200. The van der Waals surface area contributed by atoms with E-state index in [4.69, 9.17) is 4.74 Å². The van der Waals surface area contributed by atoms with Crippen molar-refractivity contribution in [2.24, 2.45) is 0 Å². The Hall–Kier alpha value is -1.55. The summed E-state index contributed by atoms with van der Waals surface area (Å²) in [6.07, 6.45) is 0. The largest absolute Gasteiger partial charge is 0.497 e. The van der Waals surface area contributed by atoms with Crippen molar-refractivity contribution in [3.8, 4) is 5.75 Å². The summed E-state index contributed by atoms with van der Waals surface area (Å²) in [5, 5.41) is 3.30. The zero-order chi connectivity index (χ0) is 13.8. The van der Waals surface area contributed by atoms with Gasteiger partial charge in [0.2, 0.25) is 0 Å². The van der Waals surface area contributed by atoms with Crippen LogP contribution in [0.1, 0.15) is 11.1 Å². The minimum absolute atomic E-state index is 0.246. The van der Waals surface area contributed by atoms with Gasteiger partial charge in [-0.15, -0.1) is 0 Å². The van der Waals surface area contributed by atoms with Gasteiger partial charge in [0.05, 0.1) is 11.6 Å². The molecule has 19 heavy (non-hydrogen) atoms. The molecule has 1 N–H and O–H groups in total. The predicted molar refractivity (Wildman–Crippen MR) is 79.2 cm³/mol. The molecule has 2 rings (SSSR count). The molecule has 0 amide bonds. The molecule has 0 fully saturated rings. The zero-order valence-corrected chi connectivity index (χ0v) is 12.4. The SMILES string of the molecule is COc1cccc(CNc2cc(Br)c(F)cc2C)c1. The van der Waals surface area contributed by atoms with Gasteiger partial charge in [-0.25, -0.2) is 4.39 Å². The Morgan fingerprint density at radius 1 is 1.26 bits per heavy atom. The zero-order valence-electron chi connectivity index (χ0n) is 10.8. The van der Waals surface area contributed by atoms with Crippen LogP contribution >= 0.6 is 15.9 Å². The third-order valence-corrected chi connectivity index (χ3v) is 3.49. The Kier molecular flexibility index (Phi) is 4.43. The third kappa shape index (κ3) is 3.47. The molecule has 0 spiro atoms. The molecule has 0 unspecified atom stereocenters. The molecule has 2 nitrogen and oxygen atoms in total. The van der Waals surface area contributed by atoms with Gasteiger partial charge < -0.3 is 10.1 Å². The molecule has 0 aliphatic rings. The van der Waals surface area contributed by atoms with E-state index in [1.165, 1.54) is 6.07 Å². The number of rotatable bonds is 4. The molecule has 100 valence electrons. The van der Waals surface area contributed by atoms with Gasteiger partial charge in [-0.3, -0.25) is 0 Å². The van der Waals surface area contributed by atoms with Crippen molar-refractivity contribution < 1.29 is 9.13 Å². The van der Waals surface area contributed by atoms with Crippen molar-refractivity contribution in [3.05, 3.63) is 57.8 Å². The number of nitrogens with one attached hydrogen (secondary N) is 1. The highest BCUT2D eigenvalue weighted by atomic mass is 79.9. The summed E-state index contributed by atoms with van der Waals surface area (Å²) in [4.78, 5) is 0. The number of ether oxygens (including phenoxy) is 1. The molecule has 0 radical (unpaired) electrons. The molecular weight excluding hydrogens is 309 g/mol. The van der Waals surface area contributed by atoms with E-state index in [9.17, 15) is 4.39 Å². The van der Waals surface area contributed by atoms with E-state index in [1.54, 1.807) is 13.2 Å². The first-order chi connectivity index (χ1) is 9.10. The van der Waals surface area contributed by atoms with Crippen LogP contribution in [0, 0.1) is 12.7 Å². The molecular formula is C15H15BrFNO. The van der Waals surface area contributed by atoms with Crippen LogP contribution in [0.2, 0.25) is 0 Å². The molecule has 0 saturated heterocycles. The average molecular weight is 324 g/mol.